The first-order valence-corrected chi connectivity index (χ1v) is 8.35. The van der Waals surface area contributed by atoms with E-state index >= 15 is 0 Å². The molecule has 0 radical (unpaired) electrons. The minimum absolute atomic E-state index is 0.478. The lowest BCUT2D eigenvalue weighted by atomic mass is 9.98. The van der Waals surface area contributed by atoms with Crippen LogP contribution < -0.4 is 10.2 Å². The summed E-state index contributed by atoms with van der Waals surface area (Å²) >= 11 is 0. The normalized spacial score (nSPS) is 20.5. The van der Waals surface area contributed by atoms with Crippen LogP contribution in [-0.2, 0) is 4.74 Å². The van der Waals surface area contributed by atoms with Crippen molar-refractivity contribution in [1.82, 2.24) is 5.32 Å². The molecule has 1 aliphatic rings. The van der Waals surface area contributed by atoms with Gasteiger partial charge in [0.1, 0.15) is 0 Å². The molecule has 0 saturated carbocycles. The molecule has 1 heterocycles. The molecule has 0 spiro atoms. The summed E-state index contributed by atoms with van der Waals surface area (Å²) in [7, 11) is 1.80. The second-order valence-electron chi connectivity index (χ2n) is 6.02. The number of ether oxygens (including phenoxy) is 1. The number of piperidine rings is 1. The van der Waals surface area contributed by atoms with Crippen molar-refractivity contribution in [3.63, 3.8) is 0 Å². The summed E-state index contributed by atoms with van der Waals surface area (Å²) in [5, 5.41) is 3.54. The number of hydrogen-bond donors (Lipinski definition) is 1. The quantitative estimate of drug-likeness (QED) is 0.830. The van der Waals surface area contributed by atoms with Crippen LogP contribution in [0.25, 0.3) is 0 Å². The van der Waals surface area contributed by atoms with Crippen LogP contribution in [0.5, 0.6) is 0 Å². The Balaban J connectivity index is 2.01. The van der Waals surface area contributed by atoms with Crippen molar-refractivity contribution >= 4 is 5.69 Å². The smallest absolute Gasteiger partial charge is 0.0507 e. The highest BCUT2D eigenvalue weighted by molar-refractivity contribution is 5.48. The molecule has 118 valence electrons. The number of rotatable bonds is 7. The Labute approximate surface area is 129 Å². The molecule has 0 aliphatic carbocycles. The highest BCUT2D eigenvalue weighted by Gasteiger charge is 2.20. The van der Waals surface area contributed by atoms with Gasteiger partial charge in [-0.15, -0.1) is 0 Å². The third-order valence-electron chi connectivity index (χ3n) is 4.44. The minimum atomic E-state index is 0.478. The second kappa shape index (κ2) is 8.40. The molecule has 2 unspecified atom stereocenters. The van der Waals surface area contributed by atoms with Gasteiger partial charge < -0.3 is 15.0 Å². The molecule has 1 aromatic carbocycles. The fourth-order valence-corrected chi connectivity index (χ4v) is 3.33. The maximum absolute atomic E-state index is 5.32. The number of nitrogens with one attached hydrogen (secondary N) is 1. The van der Waals surface area contributed by atoms with Crippen molar-refractivity contribution in [1.29, 1.82) is 0 Å². The molecule has 3 heteroatoms. The van der Waals surface area contributed by atoms with Gasteiger partial charge in [0, 0.05) is 31.9 Å². The number of anilines is 1. The van der Waals surface area contributed by atoms with Crippen molar-refractivity contribution < 1.29 is 4.74 Å². The minimum Gasteiger partial charge on any atom is -0.384 e. The molecule has 0 amide bonds. The molecule has 0 aromatic heterocycles. The van der Waals surface area contributed by atoms with E-state index in [4.69, 9.17) is 4.74 Å². The zero-order valence-corrected chi connectivity index (χ0v) is 13.8. The predicted molar refractivity (Wildman–Crippen MR) is 90.0 cm³/mol. The Morgan fingerprint density at radius 2 is 2.05 bits per heavy atom. The van der Waals surface area contributed by atoms with Gasteiger partial charge in [-0.25, -0.2) is 0 Å². The van der Waals surface area contributed by atoms with Crippen molar-refractivity contribution in [2.45, 2.75) is 39.2 Å². The van der Waals surface area contributed by atoms with E-state index in [0.717, 1.165) is 26.1 Å². The molecular formula is C18H30N2O. The maximum atomic E-state index is 5.32. The summed E-state index contributed by atoms with van der Waals surface area (Å²) in [6.45, 7) is 8.60. The van der Waals surface area contributed by atoms with Gasteiger partial charge in [0.2, 0.25) is 0 Å². The monoisotopic (exact) mass is 290 g/mol. The van der Waals surface area contributed by atoms with E-state index in [1.54, 1.807) is 7.11 Å². The largest absolute Gasteiger partial charge is 0.384 e. The molecule has 21 heavy (non-hydrogen) atoms. The van der Waals surface area contributed by atoms with Gasteiger partial charge in [0.05, 0.1) is 6.61 Å². The van der Waals surface area contributed by atoms with Crippen LogP contribution in [0.2, 0.25) is 0 Å². The topological polar surface area (TPSA) is 24.5 Å². The van der Waals surface area contributed by atoms with E-state index in [1.165, 1.54) is 30.6 Å². The van der Waals surface area contributed by atoms with Gasteiger partial charge >= 0.3 is 0 Å². The van der Waals surface area contributed by atoms with Gasteiger partial charge in [-0.2, -0.15) is 0 Å². The molecule has 2 rings (SSSR count). The Hall–Kier alpha value is -1.06. The summed E-state index contributed by atoms with van der Waals surface area (Å²) in [6, 6.07) is 9.61. The molecule has 3 nitrogen and oxygen atoms in total. The summed E-state index contributed by atoms with van der Waals surface area (Å²) in [4.78, 5) is 2.51. The molecule has 1 aliphatic heterocycles. The van der Waals surface area contributed by atoms with E-state index in [2.05, 4.69) is 48.3 Å². The Morgan fingerprint density at radius 1 is 1.29 bits per heavy atom. The molecule has 1 aromatic rings. The Kier molecular flexibility index (Phi) is 6.52. The van der Waals surface area contributed by atoms with Gasteiger partial charge in [-0.3, -0.25) is 0 Å². The first kappa shape index (κ1) is 16.3. The summed E-state index contributed by atoms with van der Waals surface area (Å²) in [6.07, 6.45) is 3.69. The second-order valence-corrected chi connectivity index (χ2v) is 6.02. The van der Waals surface area contributed by atoms with E-state index < -0.39 is 0 Å². The van der Waals surface area contributed by atoms with Gasteiger partial charge in [0.15, 0.2) is 0 Å². The third kappa shape index (κ3) is 4.45. The standard InChI is InChI=1S/C18H30N2O/c1-4-18(19-5-2)16-8-10-17(11-9-16)20-12-6-7-15(13-20)14-21-3/h8-11,15,18-19H,4-7,12-14H2,1-3H3. The lowest BCUT2D eigenvalue weighted by molar-refractivity contribution is 0.143. The molecule has 1 saturated heterocycles. The summed E-state index contributed by atoms with van der Waals surface area (Å²) < 4.78 is 5.32. The maximum Gasteiger partial charge on any atom is 0.0507 e. The van der Waals surface area contributed by atoms with Crippen molar-refractivity contribution in [2.75, 3.05) is 38.3 Å². The molecule has 1 N–H and O–H groups in total. The Bertz CT molecular complexity index is 402. The van der Waals surface area contributed by atoms with Crippen molar-refractivity contribution in [3.05, 3.63) is 29.8 Å². The molecule has 2 atom stereocenters. The number of hydrogen-bond acceptors (Lipinski definition) is 3. The van der Waals surface area contributed by atoms with Gasteiger partial charge in [0.25, 0.3) is 0 Å². The van der Waals surface area contributed by atoms with E-state index in [0.29, 0.717) is 12.0 Å². The van der Waals surface area contributed by atoms with Crippen LogP contribution in [0.4, 0.5) is 5.69 Å². The first-order chi connectivity index (χ1) is 10.3. The predicted octanol–water partition coefficient (Wildman–Crippen LogP) is 3.61. The van der Waals surface area contributed by atoms with Crippen LogP contribution >= 0.6 is 0 Å². The average Bonchev–Trinajstić information content (AvgIpc) is 2.53. The van der Waals surface area contributed by atoms with Crippen LogP contribution in [0.3, 0.4) is 0 Å². The van der Waals surface area contributed by atoms with Crippen molar-refractivity contribution in [2.24, 2.45) is 5.92 Å². The summed E-state index contributed by atoms with van der Waals surface area (Å²) in [5.41, 5.74) is 2.75. The van der Waals surface area contributed by atoms with Crippen LogP contribution in [-0.4, -0.2) is 33.4 Å². The lowest BCUT2D eigenvalue weighted by Crippen LogP contribution is -2.37. The fraction of sp³-hybridized carbons (Fsp3) is 0.667. The molecular weight excluding hydrogens is 260 g/mol. The van der Waals surface area contributed by atoms with Gasteiger partial charge in [-0.1, -0.05) is 26.0 Å². The zero-order chi connectivity index (χ0) is 15.1. The van der Waals surface area contributed by atoms with E-state index in [-0.39, 0.29) is 0 Å². The number of benzene rings is 1. The Morgan fingerprint density at radius 3 is 2.67 bits per heavy atom. The third-order valence-corrected chi connectivity index (χ3v) is 4.44. The summed E-state index contributed by atoms with van der Waals surface area (Å²) in [5.74, 6) is 0.675. The average molecular weight is 290 g/mol. The van der Waals surface area contributed by atoms with Crippen LogP contribution in [0, 0.1) is 5.92 Å². The first-order valence-electron chi connectivity index (χ1n) is 8.35. The van der Waals surface area contributed by atoms with Crippen molar-refractivity contribution in [3.8, 4) is 0 Å². The molecule has 0 bridgehead atoms. The fourth-order valence-electron chi connectivity index (χ4n) is 3.33. The SMILES string of the molecule is CCNC(CC)c1ccc(N2CCCC(COC)C2)cc1. The number of nitrogens with zero attached hydrogens (tertiary/aromatic N) is 1. The highest BCUT2D eigenvalue weighted by atomic mass is 16.5. The zero-order valence-electron chi connectivity index (χ0n) is 13.8. The lowest BCUT2D eigenvalue weighted by Gasteiger charge is -2.34. The van der Waals surface area contributed by atoms with Crippen LogP contribution in [0.15, 0.2) is 24.3 Å². The van der Waals surface area contributed by atoms with Crippen LogP contribution in [0.1, 0.15) is 44.7 Å². The van der Waals surface area contributed by atoms with E-state index in [9.17, 15) is 0 Å². The van der Waals surface area contributed by atoms with E-state index in [1.807, 2.05) is 0 Å². The highest BCUT2D eigenvalue weighted by Crippen LogP contribution is 2.25. The molecule has 1 fully saturated rings. The van der Waals surface area contributed by atoms with Gasteiger partial charge in [-0.05, 0) is 49.4 Å². The number of methoxy groups -OCH3 is 1.